The largest absolute Gasteiger partial charge is 0.490 e. The van der Waals surface area contributed by atoms with Gasteiger partial charge in [0, 0.05) is 5.56 Å². The van der Waals surface area contributed by atoms with E-state index >= 15 is 0 Å². The highest BCUT2D eigenvalue weighted by Gasteiger charge is 2.35. The molecular formula is C35H36N2O5S. The first kappa shape index (κ1) is 30.0. The van der Waals surface area contributed by atoms with Crippen molar-refractivity contribution in [3.63, 3.8) is 0 Å². The molecule has 0 fully saturated rings. The zero-order valence-corrected chi connectivity index (χ0v) is 25.9. The Hall–Kier alpha value is -4.43. The van der Waals surface area contributed by atoms with Crippen LogP contribution in [-0.4, -0.2) is 30.4 Å². The van der Waals surface area contributed by atoms with Crippen molar-refractivity contribution in [3.05, 3.63) is 120 Å². The number of hydrogen-bond acceptors (Lipinski definition) is 7. The van der Waals surface area contributed by atoms with Gasteiger partial charge in [0.1, 0.15) is 0 Å². The standard InChI is InChI=1S/C35H36N2O5S/c1-6-40-27-19-14-23(20-28(27)41-7-2)21-29-33(38)37-32(26-17-15-24(16-18-26)22(4)5)30(34(39)42-8-3)31(36-35(37)43-29)25-12-10-9-11-13-25/h9-22,32H,6-8H2,1-5H3/b29-21-/t32-/m0/s1. The molecule has 0 saturated carbocycles. The van der Waals surface area contributed by atoms with Crippen LogP contribution in [0.1, 0.15) is 68.8 Å². The molecule has 222 valence electrons. The van der Waals surface area contributed by atoms with Crippen molar-refractivity contribution in [3.8, 4) is 11.5 Å². The third kappa shape index (κ3) is 6.20. The van der Waals surface area contributed by atoms with Crippen molar-refractivity contribution in [1.82, 2.24) is 4.57 Å². The molecule has 1 aliphatic rings. The number of esters is 1. The summed E-state index contributed by atoms with van der Waals surface area (Å²) in [6.07, 6.45) is 1.83. The maximum absolute atomic E-state index is 14.2. The normalized spacial score (nSPS) is 14.8. The van der Waals surface area contributed by atoms with Gasteiger partial charge in [-0.1, -0.05) is 85.8 Å². The van der Waals surface area contributed by atoms with Crippen LogP contribution in [-0.2, 0) is 9.53 Å². The number of carbonyl (C=O) groups is 1. The predicted octanol–water partition coefficient (Wildman–Crippen LogP) is 5.86. The van der Waals surface area contributed by atoms with Crippen molar-refractivity contribution in [2.24, 2.45) is 4.99 Å². The van der Waals surface area contributed by atoms with E-state index < -0.39 is 12.0 Å². The number of nitrogens with zero attached hydrogens (tertiary/aromatic N) is 2. The van der Waals surface area contributed by atoms with Gasteiger partial charge in [-0.2, -0.15) is 0 Å². The summed E-state index contributed by atoms with van der Waals surface area (Å²) in [4.78, 5) is 33.3. The van der Waals surface area contributed by atoms with Gasteiger partial charge in [0.25, 0.3) is 5.56 Å². The second-order valence-corrected chi connectivity index (χ2v) is 11.3. The highest BCUT2D eigenvalue weighted by Crippen LogP contribution is 2.36. The van der Waals surface area contributed by atoms with Crippen LogP contribution in [0.25, 0.3) is 11.8 Å². The first-order chi connectivity index (χ1) is 20.9. The van der Waals surface area contributed by atoms with Crippen LogP contribution in [0, 0.1) is 0 Å². The fourth-order valence-corrected chi connectivity index (χ4v) is 6.13. The van der Waals surface area contributed by atoms with Crippen molar-refractivity contribution in [2.45, 2.75) is 46.6 Å². The molecule has 1 aliphatic heterocycles. The highest BCUT2D eigenvalue weighted by atomic mass is 32.1. The molecule has 1 atom stereocenters. The molecule has 0 N–H and O–H groups in total. The molecule has 0 bridgehead atoms. The van der Waals surface area contributed by atoms with E-state index in [0.29, 0.717) is 51.2 Å². The Bertz CT molecular complexity index is 1820. The Morgan fingerprint density at radius 2 is 1.63 bits per heavy atom. The Morgan fingerprint density at radius 3 is 2.28 bits per heavy atom. The van der Waals surface area contributed by atoms with E-state index in [0.717, 1.165) is 16.7 Å². The number of rotatable bonds is 10. The molecule has 3 aromatic carbocycles. The number of fused-ring (bicyclic) bond motifs is 1. The summed E-state index contributed by atoms with van der Waals surface area (Å²) in [6, 6.07) is 22.6. The summed E-state index contributed by atoms with van der Waals surface area (Å²) in [5.74, 6) is 1.11. The van der Waals surface area contributed by atoms with E-state index in [1.807, 2.05) is 80.6 Å². The predicted molar refractivity (Wildman–Crippen MR) is 170 cm³/mol. The number of thiazole rings is 1. The first-order valence-electron chi connectivity index (χ1n) is 14.6. The van der Waals surface area contributed by atoms with E-state index in [1.54, 1.807) is 11.5 Å². The number of ether oxygens (including phenoxy) is 3. The zero-order valence-electron chi connectivity index (χ0n) is 25.1. The number of carbonyl (C=O) groups excluding carboxylic acids is 1. The molecule has 1 aromatic heterocycles. The van der Waals surface area contributed by atoms with E-state index in [9.17, 15) is 9.59 Å². The van der Waals surface area contributed by atoms with Gasteiger partial charge in [-0.05, 0) is 61.6 Å². The minimum Gasteiger partial charge on any atom is -0.490 e. The summed E-state index contributed by atoms with van der Waals surface area (Å²) in [5.41, 5.74) is 4.16. The highest BCUT2D eigenvalue weighted by molar-refractivity contribution is 7.07. The monoisotopic (exact) mass is 596 g/mol. The molecule has 0 unspecified atom stereocenters. The van der Waals surface area contributed by atoms with Crippen LogP contribution in [0.5, 0.6) is 11.5 Å². The van der Waals surface area contributed by atoms with E-state index in [-0.39, 0.29) is 12.2 Å². The minimum absolute atomic E-state index is 0.202. The van der Waals surface area contributed by atoms with Gasteiger partial charge in [0.2, 0.25) is 0 Å². The molecule has 7 nitrogen and oxygen atoms in total. The third-order valence-electron chi connectivity index (χ3n) is 7.16. The fraction of sp³-hybridized carbons (Fsp3) is 0.286. The Balaban J connectivity index is 1.76. The number of benzene rings is 3. The van der Waals surface area contributed by atoms with Crippen LogP contribution in [0.2, 0.25) is 0 Å². The van der Waals surface area contributed by atoms with E-state index in [4.69, 9.17) is 19.2 Å². The second-order valence-electron chi connectivity index (χ2n) is 10.3. The lowest BCUT2D eigenvalue weighted by Gasteiger charge is -2.26. The van der Waals surface area contributed by atoms with Crippen LogP contribution in [0.3, 0.4) is 0 Å². The summed E-state index contributed by atoms with van der Waals surface area (Å²) < 4.78 is 19.2. The number of aromatic nitrogens is 1. The summed E-state index contributed by atoms with van der Waals surface area (Å²) in [6.45, 7) is 11.1. The van der Waals surface area contributed by atoms with Gasteiger partial charge in [-0.3, -0.25) is 9.36 Å². The van der Waals surface area contributed by atoms with E-state index in [2.05, 4.69) is 26.0 Å². The molecule has 8 heteroatoms. The molecule has 0 saturated heterocycles. The zero-order chi connectivity index (χ0) is 30.5. The van der Waals surface area contributed by atoms with Crippen LogP contribution in [0.4, 0.5) is 0 Å². The van der Waals surface area contributed by atoms with Crippen LogP contribution in [0.15, 0.2) is 88.2 Å². The van der Waals surface area contributed by atoms with Crippen LogP contribution >= 0.6 is 11.3 Å². The van der Waals surface area contributed by atoms with Gasteiger partial charge in [-0.25, -0.2) is 9.79 Å². The molecule has 43 heavy (non-hydrogen) atoms. The lowest BCUT2D eigenvalue weighted by Crippen LogP contribution is -2.40. The molecule has 2 heterocycles. The average Bonchev–Trinajstić information content (AvgIpc) is 3.32. The average molecular weight is 597 g/mol. The SMILES string of the molecule is CCOC(=O)C1=C(c2ccccc2)N=c2s/c(=C\c3ccc(OCC)c(OCC)c3)c(=O)n2[C@H]1c1ccc(C(C)C)cc1. The molecule has 5 rings (SSSR count). The molecule has 0 amide bonds. The topological polar surface area (TPSA) is 79.1 Å². The van der Waals surface area contributed by atoms with Gasteiger partial charge in [-0.15, -0.1) is 0 Å². The van der Waals surface area contributed by atoms with Gasteiger partial charge in [0.15, 0.2) is 16.3 Å². The van der Waals surface area contributed by atoms with Gasteiger partial charge < -0.3 is 14.2 Å². The lowest BCUT2D eigenvalue weighted by atomic mass is 9.91. The lowest BCUT2D eigenvalue weighted by molar-refractivity contribution is -0.138. The van der Waals surface area contributed by atoms with Crippen molar-refractivity contribution < 1.29 is 19.0 Å². The summed E-state index contributed by atoms with van der Waals surface area (Å²) >= 11 is 1.29. The minimum atomic E-state index is -0.715. The van der Waals surface area contributed by atoms with Crippen molar-refractivity contribution in [1.29, 1.82) is 0 Å². The molecule has 4 aromatic rings. The van der Waals surface area contributed by atoms with Crippen LogP contribution < -0.4 is 24.4 Å². The molecular weight excluding hydrogens is 560 g/mol. The fourth-order valence-electron chi connectivity index (χ4n) is 5.13. The first-order valence-corrected chi connectivity index (χ1v) is 15.5. The molecule has 0 spiro atoms. The van der Waals surface area contributed by atoms with Crippen molar-refractivity contribution in [2.75, 3.05) is 19.8 Å². The summed E-state index contributed by atoms with van der Waals surface area (Å²) in [7, 11) is 0. The number of hydrogen-bond donors (Lipinski definition) is 0. The quantitative estimate of drug-likeness (QED) is 0.215. The third-order valence-corrected chi connectivity index (χ3v) is 8.14. The maximum atomic E-state index is 14.2. The van der Waals surface area contributed by atoms with Gasteiger partial charge in [0.05, 0.1) is 41.7 Å². The maximum Gasteiger partial charge on any atom is 0.338 e. The smallest absolute Gasteiger partial charge is 0.338 e. The molecule has 0 radical (unpaired) electrons. The Kier molecular flexibility index (Phi) is 9.26. The van der Waals surface area contributed by atoms with Crippen molar-refractivity contribution >= 4 is 29.1 Å². The molecule has 0 aliphatic carbocycles. The Morgan fingerprint density at radius 1 is 0.930 bits per heavy atom. The second kappa shape index (κ2) is 13.3. The van der Waals surface area contributed by atoms with E-state index in [1.165, 1.54) is 16.9 Å². The summed E-state index contributed by atoms with van der Waals surface area (Å²) in [5, 5.41) is 0. The van der Waals surface area contributed by atoms with Gasteiger partial charge >= 0.3 is 5.97 Å². The Labute approximate surface area is 255 Å².